The van der Waals surface area contributed by atoms with E-state index < -0.39 is 28.1 Å². The van der Waals surface area contributed by atoms with Crippen molar-refractivity contribution in [2.45, 2.75) is 50.9 Å². The molecule has 2 aliphatic rings. The zero-order chi connectivity index (χ0) is 36.8. The van der Waals surface area contributed by atoms with Gasteiger partial charge < -0.3 is 24.0 Å². The van der Waals surface area contributed by atoms with Gasteiger partial charge in [0.05, 0.1) is 48.7 Å². The normalized spacial score (nSPS) is 18.6. The van der Waals surface area contributed by atoms with E-state index in [1.54, 1.807) is 19.1 Å². The van der Waals surface area contributed by atoms with Crippen LogP contribution in [0.2, 0.25) is 0 Å². The summed E-state index contributed by atoms with van der Waals surface area (Å²) in [4.78, 5) is 61.9. The van der Waals surface area contributed by atoms with Crippen LogP contribution >= 0.6 is 0 Å². The molecule has 2 aromatic carbocycles. The number of azide groups is 1. The molecular weight excluding hydrogens is 658 g/mol. The molecule has 1 amide bonds. The Morgan fingerprint density at radius 2 is 1.86 bits per heavy atom. The molecule has 0 N–H and O–H groups in total. The molecule has 1 fully saturated rings. The number of allylic oxidation sites excluding steroid dienone is 1. The summed E-state index contributed by atoms with van der Waals surface area (Å²) in [6.07, 6.45) is 2.84. The first kappa shape index (κ1) is 38.7. The third kappa shape index (κ3) is 9.17. The molecule has 0 saturated carbocycles. The largest absolute Gasteiger partial charge is 0.468 e. The summed E-state index contributed by atoms with van der Waals surface area (Å²) in [7, 11) is 1.28. The number of non-ortho nitro benzene ring substituents is 1. The van der Waals surface area contributed by atoms with E-state index in [1.807, 2.05) is 37.3 Å². The topological polar surface area (TPSA) is 190 Å². The monoisotopic (exact) mass is 703 g/mol. The smallest absolute Gasteiger partial charge is 0.316 e. The van der Waals surface area contributed by atoms with Gasteiger partial charge in [0.1, 0.15) is 5.92 Å². The number of carbonyl (C=O) groups excluding carboxylic acids is 3. The number of aliphatic imine (C=N–C) groups is 1. The van der Waals surface area contributed by atoms with Gasteiger partial charge in [0, 0.05) is 41.8 Å². The Bertz CT molecular complexity index is 1630. The van der Waals surface area contributed by atoms with Gasteiger partial charge in [-0.05, 0) is 68.9 Å². The molecule has 15 nitrogen and oxygen atoms in total. The van der Waals surface area contributed by atoms with E-state index in [1.165, 1.54) is 24.1 Å². The van der Waals surface area contributed by atoms with E-state index >= 15 is 0 Å². The van der Waals surface area contributed by atoms with Gasteiger partial charge in [-0.25, -0.2) is 0 Å². The predicted octanol–water partition coefficient (Wildman–Crippen LogP) is 5.32. The Balaban J connectivity index is 1.62. The molecule has 2 unspecified atom stereocenters. The highest BCUT2D eigenvalue weighted by molar-refractivity contribution is 6.05. The van der Waals surface area contributed by atoms with E-state index in [9.17, 15) is 24.5 Å². The lowest BCUT2D eigenvalue weighted by Crippen LogP contribution is -2.48. The Morgan fingerprint density at radius 3 is 2.45 bits per heavy atom. The number of ether oxygens (including phenoxy) is 3. The van der Waals surface area contributed by atoms with Crippen LogP contribution in [0.25, 0.3) is 10.4 Å². The van der Waals surface area contributed by atoms with Gasteiger partial charge in [0.25, 0.3) is 5.69 Å². The minimum atomic E-state index is -0.901. The van der Waals surface area contributed by atoms with Crippen molar-refractivity contribution in [2.75, 3.05) is 59.7 Å². The molecule has 1 saturated heterocycles. The van der Waals surface area contributed by atoms with Gasteiger partial charge in [-0.3, -0.25) is 29.5 Å². The number of piperidine rings is 1. The van der Waals surface area contributed by atoms with Gasteiger partial charge >= 0.3 is 11.9 Å². The van der Waals surface area contributed by atoms with Crippen molar-refractivity contribution in [2.24, 2.45) is 16.0 Å². The average molecular weight is 704 g/mol. The van der Waals surface area contributed by atoms with Crippen molar-refractivity contribution < 1.29 is 33.5 Å². The Kier molecular flexibility index (Phi) is 14.2. The van der Waals surface area contributed by atoms with E-state index in [0.29, 0.717) is 81.0 Å². The lowest BCUT2D eigenvalue weighted by Gasteiger charge is -2.40. The number of hydrogen-bond donors (Lipinski definition) is 0. The Hall–Kier alpha value is -5.11. The number of nitrogens with zero attached hydrogens (tertiary/aromatic N) is 7. The second-order valence-corrected chi connectivity index (χ2v) is 12.3. The molecule has 15 heteroatoms. The van der Waals surface area contributed by atoms with Crippen LogP contribution in [0.5, 0.6) is 0 Å². The van der Waals surface area contributed by atoms with Gasteiger partial charge in [0.15, 0.2) is 0 Å². The Labute approximate surface area is 297 Å². The number of esters is 2. The van der Waals surface area contributed by atoms with Crippen molar-refractivity contribution in [3.05, 3.63) is 97.7 Å². The van der Waals surface area contributed by atoms with Crippen molar-refractivity contribution in [1.29, 1.82) is 0 Å². The first-order chi connectivity index (χ1) is 24.7. The number of amides is 1. The molecule has 4 rings (SSSR count). The lowest BCUT2D eigenvalue weighted by molar-refractivity contribution is -0.384. The van der Waals surface area contributed by atoms with Gasteiger partial charge in [0.2, 0.25) is 6.41 Å². The molecule has 0 radical (unpaired) electrons. The average Bonchev–Trinajstić information content (AvgIpc) is 3.16. The quantitative estimate of drug-likeness (QED) is 0.0289. The number of nitro groups is 1. The molecule has 2 aromatic rings. The molecule has 2 aliphatic heterocycles. The summed E-state index contributed by atoms with van der Waals surface area (Å²) in [5.41, 5.74) is 10.7. The van der Waals surface area contributed by atoms with Crippen LogP contribution in [0.3, 0.4) is 0 Å². The maximum atomic E-state index is 13.4. The number of rotatable bonds is 18. The molecule has 0 aliphatic carbocycles. The molecule has 272 valence electrons. The lowest BCUT2D eigenvalue weighted by atomic mass is 9.72. The van der Waals surface area contributed by atoms with Crippen LogP contribution in [0.4, 0.5) is 5.69 Å². The van der Waals surface area contributed by atoms with E-state index in [4.69, 9.17) is 24.7 Å². The van der Waals surface area contributed by atoms with Crippen molar-refractivity contribution >= 4 is 29.7 Å². The highest BCUT2D eigenvalue weighted by Crippen LogP contribution is 2.42. The van der Waals surface area contributed by atoms with Crippen LogP contribution in [0, 0.1) is 16.0 Å². The molecular formula is C36H45N7O8. The number of carbonyl (C=O) groups is 3. The fraction of sp³-hybridized carbons (Fsp3) is 0.500. The minimum absolute atomic E-state index is 0.0386. The fourth-order valence-electron chi connectivity index (χ4n) is 6.94. The van der Waals surface area contributed by atoms with Gasteiger partial charge in [-0.2, -0.15) is 0 Å². The van der Waals surface area contributed by atoms with Crippen molar-refractivity contribution in [1.82, 2.24) is 9.80 Å². The second-order valence-electron chi connectivity index (χ2n) is 12.3. The molecule has 51 heavy (non-hydrogen) atoms. The zero-order valence-electron chi connectivity index (χ0n) is 29.3. The standard InChI is InChI=1S/C36H45N7O8/c1-4-29-32(34(45)49-3)31(26-12-14-28(15-13-26)43(47)48)33(30(39-29)24-50-23-18-38-40-37)42(25-44)20-9-19-41-21-16-36(17-22-41,35(46)51-5-2)27-10-7-6-8-11-27/h6-8,10-15,25,31-32H,4-5,9,16-24H2,1-3H3. The highest BCUT2D eigenvalue weighted by Gasteiger charge is 2.45. The third-order valence-corrected chi connectivity index (χ3v) is 9.49. The third-order valence-electron chi connectivity index (χ3n) is 9.49. The van der Waals surface area contributed by atoms with Crippen LogP contribution in [-0.4, -0.2) is 98.4 Å². The zero-order valence-corrected chi connectivity index (χ0v) is 29.3. The van der Waals surface area contributed by atoms with Crippen LogP contribution < -0.4 is 0 Å². The number of benzene rings is 2. The summed E-state index contributed by atoms with van der Waals surface area (Å²) in [5.74, 6) is -2.44. The second kappa shape index (κ2) is 18.8. The van der Waals surface area contributed by atoms with E-state index in [2.05, 4.69) is 14.9 Å². The highest BCUT2D eigenvalue weighted by atomic mass is 16.6. The number of nitro benzene ring substituents is 1. The van der Waals surface area contributed by atoms with Crippen LogP contribution in [0.1, 0.15) is 56.6 Å². The summed E-state index contributed by atoms with van der Waals surface area (Å²) in [6, 6.07) is 15.6. The van der Waals surface area contributed by atoms with E-state index in [-0.39, 0.29) is 38.0 Å². The summed E-state index contributed by atoms with van der Waals surface area (Å²) >= 11 is 0. The van der Waals surface area contributed by atoms with Gasteiger partial charge in [-0.1, -0.05) is 54.5 Å². The molecule has 0 bridgehead atoms. The maximum Gasteiger partial charge on any atom is 0.316 e. The fourth-order valence-corrected chi connectivity index (χ4v) is 6.94. The first-order valence-corrected chi connectivity index (χ1v) is 17.1. The maximum absolute atomic E-state index is 13.4. The predicted molar refractivity (Wildman–Crippen MR) is 189 cm³/mol. The number of hydrogen-bond acceptors (Lipinski definition) is 11. The minimum Gasteiger partial charge on any atom is -0.468 e. The summed E-state index contributed by atoms with van der Waals surface area (Å²) < 4.78 is 16.6. The van der Waals surface area contributed by atoms with Crippen LogP contribution in [-0.2, 0) is 34.0 Å². The first-order valence-electron chi connectivity index (χ1n) is 17.1. The molecule has 0 aromatic heterocycles. The Morgan fingerprint density at radius 1 is 1.16 bits per heavy atom. The number of methoxy groups -OCH3 is 1. The molecule has 2 heterocycles. The number of likely N-dealkylation sites (tertiary alicyclic amines) is 1. The van der Waals surface area contributed by atoms with Crippen molar-refractivity contribution in [3.8, 4) is 0 Å². The van der Waals surface area contributed by atoms with Crippen molar-refractivity contribution in [3.63, 3.8) is 0 Å². The summed E-state index contributed by atoms with van der Waals surface area (Å²) in [6.45, 7) is 6.34. The molecule has 0 spiro atoms. The van der Waals surface area contributed by atoms with E-state index in [0.717, 1.165) is 5.56 Å². The van der Waals surface area contributed by atoms with Gasteiger partial charge in [-0.15, -0.1) is 0 Å². The molecule has 2 atom stereocenters. The SMILES string of the molecule is CCOC(=O)C1(c2ccccc2)CCN(CCCN(C=O)C2=C(COCCN=[N+]=[N-])N=C(CC)C(C(=O)OC)C2c2ccc([N+](=O)[O-])cc2)CC1. The van der Waals surface area contributed by atoms with Crippen LogP contribution in [0.15, 0.2) is 76.1 Å². The summed E-state index contributed by atoms with van der Waals surface area (Å²) in [5, 5.41) is 15.0.